The molecule has 1 aliphatic heterocycles. The van der Waals surface area contributed by atoms with Crippen LogP contribution in [0, 0.1) is 11.8 Å². The summed E-state index contributed by atoms with van der Waals surface area (Å²) in [6.45, 7) is 1.97. The fraction of sp³-hybridized carbons (Fsp3) is 1.00. The van der Waals surface area contributed by atoms with Gasteiger partial charge in [-0.15, -0.1) is 0 Å². The molecule has 2 heteroatoms. The van der Waals surface area contributed by atoms with Gasteiger partial charge in [0.25, 0.3) is 0 Å². The Balaban J connectivity index is 1.80. The summed E-state index contributed by atoms with van der Waals surface area (Å²) < 4.78 is 5.64. The van der Waals surface area contributed by atoms with Gasteiger partial charge in [-0.05, 0) is 38.1 Å². The maximum absolute atomic E-state index is 5.64. The monoisotopic (exact) mass is 239 g/mol. The molecular weight excluding hydrogens is 210 g/mol. The van der Waals surface area contributed by atoms with E-state index in [1.54, 1.807) is 0 Å². The van der Waals surface area contributed by atoms with E-state index >= 15 is 0 Å². The summed E-state index contributed by atoms with van der Waals surface area (Å²) in [5, 5.41) is 3.56. The van der Waals surface area contributed by atoms with Gasteiger partial charge in [-0.1, -0.05) is 38.5 Å². The summed E-state index contributed by atoms with van der Waals surface area (Å²) in [4.78, 5) is 0. The zero-order chi connectivity index (χ0) is 11.9. The second-order valence-electron chi connectivity index (χ2n) is 5.97. The van der Waals surface area contributed by atoms with Crippen LogP contribution in [-0.4, -0.2) is 26.3 Å². The van der Waals surface area contributed by atoms with Gasteiger partial charge in [0.15, 0.2) is 0 Å². The van der Waals surface area contributed by atoms with Crippen molar-refractivity contribution in [3.05, 3.63) is 0 Å². The Labute approximate surface area is 107 Å². The lowest BCUT2D eigenvalue weighted by molar-refractivity contribution is 0.0360. The van der Waals surface area contributed by atoms with Crippen molar-refractivity contribution >= 4 is 0 Å². The first-order chi connectivity index (χ1) is 8.40. The topological polar surface area (TPSA) is 21.3 Å². The van der Waals surface area contributed by atoms with Gasteiger partial charge >= 0.3 is 0 Å². The quantitative estimate of drug-likeness (QED) is 0.760. The van der Waals surface area contributed by atoms with Crippen molar-refractivity contribution in [3.63, 3.8) is 0 Å². The van der Waals surface area contributed by atoms with E-state index in [9.17, 15) is 0 Å². The van der Waals surface area contributed by atoms with Crippen molar-refractivity contribution in [2.45, 2.75) is 63.8 Å². The second kappa shape index (κ2) is 7.38. The number of rotatable bonds is 4. The molecule has 0 spiro atoms. The molecule has 2 rings (SSSR count). The zero-order valence-electron chi connectivity index (χ0n) is 11.4. The van der Waals surface area contributed by atoms with Gasteiger partial charge in [0.05, 0.1) is 6.61 Å². The minimum Gasteiger partial charge on any atom is -0.381 e. The molecule has 0 aromatic rings. The van der Waals surface area contributed by atoms with Crippen LogP contribution in [0.3, 0.4) is 0 Å². The van der Waals surface area contributed by atoms with Crippen LogP contribution in [0.15, 0.2) is 0 Å². The summed E-state index contributed by atoms with van der Waals surface area (Å²) in [7, 11) is 2.13. The molecule has 0 aromatic carbocycles. The Bertz CT molecular complexity index is 193. The highest BCUT2D eigenvalue weighted by molar-refractivity contribution is 4.80. The highest BCUT2D eigenvalue weighted by Gasteiger charge is 2.25. The first kappa shape index (κ1) is 13.4. The SMILES string of the molecule is CNC(CC1CCCCCC1)C1CCCOC1. The van der Waals surface area contributed by atoms with Crippen molar-refractivity contribution in [2.75, 3.05) is 20.3 Å². The maximum atomic E-state index is 5.64. The Morgan fingerprint density at radius 1 is 1.06 bits per heavy atom. The number of ether oxygens (including phenoxy) is 1. The summed E-state index contributed by atoms with van der Waals surface area (Å²) >= 11 is 0. The molecule has 0 aromatic heterocycles. The maximum Gasteiger partial charge on any atom is 0.0509 e. The van der Waals surface area contributed by atoms with Crippen molar-refractivity contribution in [3.8, 4) is 0 Å². The van der Waals surface area contributed by atoms with Gasteiger partial charge in [0.2, 0.25) is 0 Å². The summed E-state index contributed by atoms with van der Waals surface area (Å²) in [6, 6.07) is 0.693. The predicted molar refractivity (Wildman–Crippen MR) is 72.2 cm³/mol. The van der Waals surface area contributed by atoms with Crippen LogP contribution in [0.2, 0.25) is 0 Å². The Kier molecular flexibility index (Phi) is 5.79. The molecule has 2 atom stereocenters. The number of hydrogen-bond acceptors (Lipinski definition) is 2. The van der Waals surface area contributed by atoms with Crippen LogP contribution in [0.1, 0.15) is 57.8 Å². The molecule has 1 N–H and O–H groups in total. The van der Waals surface area contributed by atoms with Crippen molar-refractivity contribution in [1.29, 1.82) is 0 Å². The molecule has 2 aliphatic rings. The molecule has 1 aliphatic carbocycles. The fourth-order valence-electron chi connectivity index (χ4n) is 3.59. The molecule has 2 fully saturated rings. The summed E-state index contributed by atoms with van der Waals surface area (Å²) in [5.41, 5.74) is 0. The number of hydrogen-bond donors (Lipinski definition) is 1. The van der Waals surface area contributed by atoms with Crippen molar-refractivity contribution in [2.24, 2.45) is 11.8 Å². The summed E-state index contributed by atoms with van der Waals surface area (Å²) in [6.07, 6.45) is 12.8. The lowest BCUT2D eigenvalue weighted by Gasteiger charge is -2.32. The molecule has 1 saturated heterocycles. The van der Waals surface area contributed by atoms with E-state index in [-0.39, 0.29) is 0 Å². The zero-order valence-corrected chi connectivity index (χ0v) is 11.4. The van der Waals surface area contributed by atoms with Gasteiger partial charge in [-0.25, -0.2) is 0 Å². The number of nitrogens with one attached hydrogen (secondary N) is 1. The van der Waals surface area contributed by atoms with E-state index in [1.807, 2.05) is 0 Å². The van der Waals surface area contributed by atoms with E-state index in [4.69, 9.17) is 4.74 Å². The van der Waals surface area contributed by atoms with E-state index in [0.29, 0.717) is 6.04 Å². The average Bonchev–Trinajstić information content (AvgIpc) is 2.65. The van der Waals surface area contributed by atoms with Gasteiger partial charge < -0.3 is 10.1 Å². The first-order valence-electron chi connectivity index (χ1n) is 7.65. The van der Waals surface area contributed by atoms with Crippen LogP contribution < -0.4 is 5.32 Å². The third-order valence-corrected chi connectivity index (χ3v) is 4.70. The van der Waals surface area contributed by atoms with Gasteiger partial charge in [0, 0.05) is 12.6 Å². The minimum absolute atomic E-state index is 0.693. The standard InChI is InChI=1S/C15H29NO/c1-16-15(14-9-6-10-17-12-14)11-13-7-4-2-3-5-8-13/h13-16H,2-12H2,1H3. The minimum atomic E-state index is 0.693. The molecule has 2 nitrogen and oxygen atoms in total. The molecule has 0 bridgehead atoms. The molecule has 1 heterocycles. The second-order valence-corrected chi connectivity index (χ2v) is 5.97. The van der Waals surface area contributed by atoms with Gasteiger partial charge in [-0.2, -0.15) is 0 Å². The first-order valence-corrected chi connectivity index (χ1v) is 7.65. The molecule has 0 radical (unpaired) electrons. The third-order valence-electron chi connectivity index (χ3n) is 4.70. The third kappa shape index (κ3) is 4.26. The van der Waals surface area contributed by atoms with Crippen molar-refractivity contribution in [1.82, 2.24) is 5.32 Å². The fourth-order valence-corrected chi connectivity index (χ4v) is 3.59. The summed E-state index contributed by atoms with van der Waals surface area (Å²) in [5.74, 6) is 1.73. The van der Waals surface area contributed by atoms with Crippen LogP contribution in [0.25, 0.3) is 0 Å². The lowest BCUT2D eigenvalue weighted by Crippen LogP contribution is -2.39. The molecule has 1 saturated carbocycles. The van der Waals surface area contributed by atoms with Gasteiger partial charge in [-0.3, -0.25) is 0 Å². The normalized spacial score (nSPS) is 29.8. The Morgan fingerprint density at radius 2 is 1.82 bits per heavy atom. The Hall–Kier alpha value is -0.0800. The predicted octanol–water partition coefficient (Wildman–Crippen LogP) is 3.36. The molecule has 2 unspecified atom stereocenters. The Morgan fingerprint density at radius 3 is 2.41 bits per heavy atom. The largest absolute Gasteiger partial charge is 0.381 e. The highest BCUT2D eigenvalue weighted by Crippen LogP contribution is 2.29. The van der Waals surface area contributed by atoms with Crippen LogP contribution >= 0.6 is 0 Å². The molecule has 17 heavy (non-hydrogen) atoms. The highest BCUT2D eigenvalue weighted by atomic mass is 16.5. The smallest absolute Gasteiger partial charge is 0.0509 e. The van der Waals surface area contributed by atoms with E-state index in [1.165, 1.54) is 57.8 Å². The van der Waals surface area contributed by atoms with E-state index < -0.39 is 0 Å². The van der Waals surface area contributed by atoms with E-state index in [2.05, 4.69) is 12.4 Å². The molecule has 0 amide bonds. The lowest BCUT2D eigenvalue weighted by atomic mass is 9.84. The van der Waals surface area contributed by atoms with Crippen LogP contribution in [0.5, 0.6) is 0 Å². The van der Waals surface area contributed by atoms with Gasteiger partial charge in [0.1, 0.15) is 0 Å². The van der Waals surface area contributed by atoms with E-state index in [0.717, 1.165) is 25.0 Å². The van der Waals surface area contributed by atoms with Crippen LogP contribution in [0.4, 0.5) is 0 Å². The van der Waals surface area contributed by atoms with Crippen LogP contribution in [-0.2, 0) is 4.74 Å². The average molecular weight is 239 g/mol. The molecule has 100 valence electrons. The molecular formula is C15H29NO. The van der Waals surface area contributed by atoms with Crippen molar-refractivity contribution < 1.29 is 4.74 Å².